The van der Waals surface area contributed by atoms with Crippen molar-refractivity contribution in [3.05, 3.63) is 63.6 Å². The van der Waals surface area contributed by atoms with Gasteiger partial charge in [0.1, 0.15) is 11.5 Å². The Morgan fingerprint density at radius 3 is 2.61 bits per heavy atom. The van der Waals surface area contributed by atoms with Crippen LogP contribution in [0.1, 0.15) is 28.5 Å². The zero-order valence-electron chi connectivity index (χ0n) is 17.6. The first kappa shape index (κ1) is 20.9. The van der Waals surface area contributed by atoms with Crippen LogP contribution in [0, 0.1) is 5.82 Å². The molecule has 9 heteroatoms. The second kappa shape index (κ2) is 8.81. The molecule has 1 aliphatic rings. The summed E-state index contributed by atoms with van der Waals surface area (Å²) in [5.74, 6) is -0.859. The van der Waals surface area contributed by atoms with E-state index in [0.717, 1.165) is 35.2 Å². The summed E-state index contributed by atoms with van der Waals surface area (Å²) < 4.78 is 14.5. The van der Waals surface area contributed by atoms with Crippen LogP contribution >= 0.6 is 0 Å². The van der Waals surface area contributed by atoms with Gasteiger partial charge in [0.2, 0.25) is 0 Å². The topological polar surface area (TPSA) is 94.2 Å². The Kier molecular flexibility index (Phi) is 5.94. The highest BCUT2D eigenvalue weighted by atomic mass is 19.1. The fourth-order valence-corrected chi connectivity index (χ4v) is 3.83. The molecule has 0 spiro atoms. The fraction of sp³-hybridized carbons (Fsp3) is 0.364. The van der Waals surface area contributed by atoms with Gasteiger partial charge in [0.15, 0.2) is 0 Å². The number of pyridine rings is 3. The molecule has 4 rings (SSSR count). The molecule has 1 amide bonds. The highest BCUT2D eigenvalue weighted by Gasteiger charge is 2.21. The van der Waals surface area contributed by atoms with Crippen molar-refractivity contribution in [2.75, 3.05) is 38.1 Å². The second-order valence-electron chi connectivity index (χ2n) is 7.62. The number of aromatic nitrogens is 3. The number of rotatable bonds is 5. The summed E-state index contributed by atoms with van der Waals surface area (Å²) in [7, 11) is 1.49. The van der Waals surface area contributed by atoms with Crippen molar-refractivity contribution >= 4 is 22.6 Å². The predicted molar refractivity (Wildman–Crippen MR) is 117 cm³/mol. The lowest BCUT2D eigenvalue weighted by Crippen LogP contribution is -2.46. The Bertz CT molecular complexity index is 1170. The molecule has 0 unspecified atom stereocenters. The van der Waals surface area contributed by atoms with Gasteiger partial charge >= 0.3 is 0 Å². The minimum atomic E-state index is -0.448. The van der Waals surface area contributed by atoms with Gasteiger partial charge in [0.25, 0.3) is 11.5 Å². The number of carbonyl (C=O) groups is 1. The Morgan fingerprint density at radius 1 is 1.16 bits per heavy atom. The second-order valence-corrected chi connectivity index (χ2v) is 7.62. The number of amides is 1. The van der Waals surface area contributed by atoms with E-state index >= 15 is 0 Å². The van der Waals surface area contributed by atoms with Crippen LogP contribution in [-0.2, 0) is 13.0 Å². The van der Waals surface area contributed by atoms with Gasteiger partial charge in [-0.2, -0.15) is 0 Å². The molecule has 0 saturated carbocycles. The molecule has 0 atom stereocenters. The van der Waals surface area contributed by atoms with Crippen LogP contribution in [0.4, 0.5) is 10.1 Å². The molecule has 1 saturated heterocycles. The van der Waals surface area contributed by atoms with E-state index in [4.69, 9.17) is 0 Å². The van der Waals surface area contributed by atoms with Crippen molar-refractivity contribution in [3.8, 4) is 0 Å². The van der Waals surface area contributed by atoms with Crippen molar-refractivity contribution in [1.82, 2.24) is 25.2 Å². The summed E-state index contributed by atoms with van der Waals surface area (Å²) in [6.07, 6.45) is 3.93. The van der Waals surface area contributed by atoms with Crippen LogP contribution in [0.5, 0.6) is 0 Å². The van der Waals surface area contributed by atoms with E-state index in [0.29, 0.717) is 31.7 Å². The number of hydrogen-bond donors (Lipinski definition) is 2. The molecule has 31 heavy (non-hydrogen) atoms. The smallest absolute Gasteiger partial charge is 0.269 e. The average molecular weight is 424 g/mol. The molecule has 0 bridgehead atoms. The molecule has 0 aromatic carbocycles. The molecule has 1 aliphatic heterocycles. The molecule has 2 N–H and O–H groups in total. The number of hydrogen-bond acceptors (Lipinski definition) is 6. The first-order valence-electron chi connectivity index (χ1n) is 10.3. The van der Waals surface area contributed by atoms with E-state index in [9.17, 15) is 14.0 Å². The highest BCUT2D eigenvalue weighted by molar-refractivity contribution is 5.92. The normalized spacial score (nSPS) is 14.7. The Balaban J connectivity index is 1.41. The first-order chi connectivity index (χ1) is 15.0. The van der Waals surface area contributed by atoms with E-state index in [1.807, 2.05) is 30.2 Å². The fourth-order valence-electron chi connectivity index (χ4n) is 3.83. The lowest BCUT2D eigenvalue weighted by atomic mass is 10.1. The number of piperazine rings is 1. The van der Waals surface area contributed by atoms with Crippen molar-refractivity contribution < 1.29 is 9.18 Å². The number of halogens is 1. The standard InChI is InChI=1S/C22H25FN6O2/c1-3-15-9-17-18(27-21(15)30)8-14(11-25-17)13-28-4-6-29(7-5-28)20-12-26-19(10-16(20)23)22(31)24-2/h8-12H,3-7,13H2,1-2H3,(H,24,31)(H,27,30). The molecule has 0 radical (unpaired) electrons. The van der Waals surface area contributed by atoms with Crippen LogP contribution in [-0.4, -0.2) is 59.0 Å². The molecule has 0 aliphatic carbocycles. The first-order valence-corrected chi connectivity index (χ1v) is 10.3. The number of carbonyl (C=O) groups excluding carboxylic acids is 1. The Morgan fingerprint density at radius 2 is 1.94 bits per heavy atom. The number of aryl methyl sites for hydroxylation is 1. The molecule has 4 heterocycles. The van der Waals surface area contributed by atoms with Gasteiger partial charge < -0.3 is 15.2 Å². The van der Waals surface area contributed by atoms with Gasteiger partial charge in [-0.05, 0) is 24.1 Å². The van der Waals surface area contributed by atoms with E-state index in [1.165, 1.54) is 19.3 Å². The van der Waals surface area contributed by atoms with Crippen LogP contribution in [0.2, 0.25) is 0 Å². The lowest BCUT2D eigenvalue weighted by Gasteiger charge is -2.36. The van der Waals surface area contributed by atoms with Gasteiger partial charge in [-0.15, -0.1) is 0 Å². The Labute approximate surface area is 179 Å². The summed E-state index contributed by atoms with van der Waals surface area (Å²) in [4.78, 5) is 39.4. The molecule has 1 fully saturated rings. The summed E-state index contributed by atoms with van der Waals surface area (Å²) in [5, 5.41) is 2.44. The monoisotopic (exact) mass is 424 g/mol. The molecule has 3 aromatic rings. The maximum Gasteiger partial charge on any atom is 0.269 e. The zero-order chi connectivity index (χ0) is 22.0. The van der Waals surface area contributed by atoms with Crippen LogP contribution < -0.4 is 15.8 Å². The zero-order valence-corrected chi connectivity index (χ0v) is 17.6. The largest absolute Gasteiger partial charge is 0.365 e. The third kappa shape index (κ3) is 4.41. The number of aromatic amines is 1. The summed E-state index contributed by atoms with van der Waals surface area (Å²) in [6, 6.07) is 4.98. The van der Waals surface area contributed by atoms with Gasteiger partial charge in [0, 0.05) is 57.6 Å². The SMILES string of the molecule is CCc1cc2ncc(CN3CCN(c4cnc(C(=O)NC)cc4F)CC3)cc2[nH]c1=O. The van der Waals surface area contributed by atoms with Crippen molar-refractivity contribution in [3.63, 3.8) is 0 Å². The van der Waals surface area contributed by atoms with E-state index in [1.54, 1.807) is 0 Å². The Hall–Kier alpha value is -3.33. The van der Waals surface area contributed by atoms with E-state index in [-0.39, 0.29) is 11.3 Å². The maximum atomic E-state index is 14.5. The summed E-state index contributed by atoms with van der Waals surface area (Å²) in [5.41, 5.74) is 3.67. The maximum absolute atomic E-state index is 14.5. The van der Waals surface area contributed by atoms with E-state index < -0.39 is 11.7 Å². The number of nitrogens with zero attached hydrogens (tertiary/aromatic N) is 4. The molecule has 8 nitrogen and oxygen atoms in total. The number of anilines is 1. The summed E-state index contributed by atoms with van der Waals surface area (Å²) in [6.45, 7) is 5.44. The average Bonchev–Trinajstić information content (AvgIpc) is 2.78. The van der Waals surface area contributed by atoms with Crippen molar-refractivity contribution in [2.24, 2.45) is 0 Å². The highest BCUT2D eigenvalue weighted by Crippen LogP contribution is 2.21. The molecular weight excluding hydrogens is 399 g/mol. The van der Waals surface area contributed by atoms with E-state index in [2.05, 4.69) is 25.2 Å². The summed E-state index contributed by atoms with van der Waals surface area (Å²) >= 11 is 0. The van der Waals surface area contributed by atoms with Gasteiger partial charge in [0.05, 0.1) is 22.9 Å². The third-order valence-electron chi connectivity index (χ3n) is 5.62. The minimum absolute atomic E-state index is 0.0651. The van der Waals surface area contributed by atoms with Crippen molar-refractivity contribution in [1.29, 1.82) is 0 Å². The quantitative estimate of drug-likeness (QED) is 0.648. The molecule has 3 aromatic heterocycles. The van der Waals surface area contributed by atoms with Crippen LogP contribution in [0.25, 0.3) is 11.0 Å². The number of nitrogens with one attached hydrogen (secondary N) is 2. The number of H-pyrrole nitrogens is 1. The van der Waals surface area contributed by atoms with Crippen molar-refractivity contribution in [2.45, 2.75) is 19.9 Å². The molecular formula is C22H25FN6O2. The lowest BCUT2D eigenvalue weighted by molar-refractivity contribution is 0.0957. The minimum Gasteiger partial charge on any atom is -0.365 e. The third-order valence-corrected chi connectivity index (χ3v) is 5.62. The van der Waals surface area contributed by atoms with Gasteiger partial charge in [-0.3, -0.25) is 19.5 Å². The number of fused-ring (bicyclic) bond motifs is 1. The van der Waals surface area contributed by atoms with Crippen LogP contribution in [0.3, 0.4) is 0 Å². The predicted octanol–water partition coefficient (Wildman–Crippen LogP) is 1.70. The van der Waals surface area contributed by atoms with Crippen LogP contribution in [0.15, 0.2) is 35.4 Å². The van der Waals surface area contributed by atoms with Gasteiger partial charge in [-0.25, -0.2) is 9.37 Å². The molecule has 162 valence electrons. The van der Waals surface area contributed by atoms with Gasteiger partial charge in [-0.1, -0.05) is 6.92 Å².